The summed E-state index contributed by atoms with van der Waals surface area (Å²) >= 11 is 0. The number of aliphatic carboxylic acids is 1. The van der Waals surface area contributed by atoms with Crippen LogP contribution in [0.5, 0.6) is 0 Å². The first-order valence-corrected chi connectivity index (χ1v) is 8.15. The molecule has 0 bridgehead atoms. The van der Waals surface area contributed by atoms with E-state index in [2.05, 4.69) is 0 Å². The lowest BCUT2D eigenvalue weighted by Gasteiger charge is -2.38. The van der Waals surface area contributed by atoms with Gasteiger partial charge in [-0.1, -0.05) is 19.8 Å². The quantitative estimate of drug-likeness (QED) is 0.851. The van der Waals surface area contributed by atoms with Crippen molar-refractivity contribution in [2.75, 3.05) is 12.4 Å². The van der Waals surface area contributed by atoms with Gasteiger partial charge in [0.05, 0.1) is 11.5 Å². The normalized spacial score (nSPS) is 30.2. The Kier molecular flexibility index (Phi) is 4.43. The van der Waals surface area contributed by atoms with Crippen LogP contribution in [0.4, 0.5) is 0 Å². The number of hydrogen-bond donors (Lipinski definition) is 1. The van der Waals surface area contributed by atoms with Crippen molar-refractivity contribution in [3.8, 4) is 0 Å². The monoisotopic (exact) mass is 274 g/mol. The van der Waals surface area contributed by atoms with Crippen molar-refractivity contribution in [2.45, 2.75) is 56.3 Å². The molecule has 1 saturated heterocycles. The van der Waals surface area contributed by atoms with E-state index in [0.717, 1.165) is 25.7 Å². The van der Waals surface area contributed by atoms with E-state index in [9.17, 15) is 9.00 Å². The molecule has 0 aromatic heterocycles. The molecule has 3 atom stereocenters. The predicted molar refractivity (Wildman–Crippen MR) is 70.0 cm³/mol. The minimum Gasteiger partial charge on any atom is -0.481 e. The smallest absolute Gasteiger partial charge is 0.307 e. The highest BCUT2D eigenvalue weighted by Crippen LogP contribution is 2.41. The zero-order valence-corrected chi connectivity index (χ0v) is 11.7. The number of carboxylic acids is 1. The molecule has 0 aromatic carbocycles. The lowest BCUT2D eigenvalue weighted by Crippen LogP contribution is -2.42. The molecule has 104 valence electrons. The third kappa shape index (κ3) is 3.12. The second kappa shape index (κ2) is 5.70. The summed E-state index contributed by atoms with van der Waals surface area (Å²) in [5, 5.41) is 9.00. The Balaban J connectivity index is 1.92. The van der Waals surface area contributed by atoms with Crippen LogP contribution in [-0.4, -0.2) is 38.5 Å². The zero-order chi connectivity index (χ0) is 13.2. The molecular formula is C13H22O4S. The molecule has 1 spiro atoms. The van der Waals surface area contributed by atoms with Gasteiger partial charge < -0.3 is 9.84 Å². The summed E-state index contributed by atoms with van der Waals surface area (Å²) in [4.78, 5) is 10.8. The van der Waals surface area contributed by atoms with Crippen molar-refractivity contribution in [3.63, 3.8) is 0 Å². The fourth-order valence-corrected chi connectivity index (χ4v) is 4.79. The number of carboxylic acid groups (broad SMARTS) is 1. The maximum Gasteiger partial charge on any atom is 0.307 e. The van der Waals surface area contributed by atoms with Gasteiger partial charge in [-0.3, -0.25) is 9.00 Å². The Morgan fingerprint density at radius 2 is 2.17 bits per heavy atom. The highest BCUT2D eigenvalue weighted by molar-refractivity contribution is 7.85. The van der Waals surface area contributed by atoms with Gasteiger partial charge in [-0.25, -0.2) is 0 Å². The van der Waals surface area contributed by atoms with Crippen LogP contribution in [0.2, 0.25) is 0 Å². The number of rotatable bonds is 4. The van der Waals surface area contributed by atoms with Crippen molar-refractivity contribution < 1.29 is 18.8 Å². The lowest BCUT2D eigenvalue weighted by atomic mass is 9.92. The standard InChI is InChI=1S/C13H22O4S/c1-10(12(14)15)9-18(16)11-4-7-17-13(8-11)5-2-3-6-13/h10-11H,2-9H2,1H3,(H,14,15). The molecule has 1 aliphatic carbocycles. The summed E-state index contributed by atoms with van der Waals surface area (Å²) < 4.78 is 18.2. The van der Waals surface area contributed by atoms with Crippen LogP contribution in [0.25, 0.3) is 0 Å². The van der Waals surface area contributed by atoms with Crippen LogP contribution >= 0.6 is 0 Å². The van der Waals surface area contributed by atoms with Crippen molar-refractivity contribution in [3.05, 3.63) is 0 Å². The molecule has 0 radical (unpaired) electrons. The zero-order valence-electron chi connectivity index (χ0n) is 10.9. The van der Waals surface area contributed by atoms with Crippen molar-refractivity contribution in [2.24, 2.45) is 5.92 Å². The molecule has 1 heterocycles. The third-order valence-corrected chi connectivity index (χ3v) is 6.14. The number of carbonyl (C=O) groups is 1. The highest BCUT2D eigenvalue weighted by atomic mass is 32.2. The summed E-state index contributed by atoms with van der Waals surface area (Å²) in [5.41, 5.74) is -0.0367. The molecule has 2 fully saturated rings. The maximum atomic E-state index is 12.2. The lowest BCUT2D eigenvalue weighted by molar-refractivity contribution is -0.140. The van der Waals surface area contributed by atoms with E-state index in [4.69, 9.17) is 9.84 Å². The predicted octanol–water partition coefficient (Wildman–Crippen LogP) is 1.95. The van der Waals surface area contributed by atoms with Gasteiger partial charge in [0.25, 0.3) is 0 Å². The summed E-state index contributed by atoms with van der Waals surface area (Å²) in [5.74, 6) is -1.10. The van der Waals surface area contributed by atoms with E-state index in [-0.39, 0.29) is 16.6 Å². The van der Waals surface area contributed by atoms with E-state index in [1.54, 1.807) is 6.92 Å². The van der Waals surface area contributed by atoms with E-state index in [0.29, 0.717) is 6.61 Å². The Morgan fingerprint density at radius 1 is 1.50 bits per heavy atom. The second-order valence-corrected chi connectivity index (χ2v) is 7.40. The fourth-order valence-electron chi connectivity index (χ4n) is 3.03. The third-order valence-electron chi connectivity index (χ3n) is 4.17. The molecule has 5 heteroatoms. The molecule has 3 unspecified atom stereocenters. The maximum absolute atomic E-state index is 12.2. The van der Waals surface area contributed by atoms with Gasteiger partial charge in [0, 0.05) is 28.4 Å². The van der Waals surface area contributed by atoms with Crippen molar-refractivity contribution in [1.82, 2.24) is 0 Å². The molecule has 4 nitrogen and oxygen atoms in total. The summed E-state index contributed by atoms with van der Waals surface area (Å²) in [6.45, 7) is 2.31. The van der Waals surface area contributed by atoms with Gasteiger partial charge in [0.1, 0.15) is 0 Å². The molecule has 18 heavy (non-hydrogen) atoms. The van der Waals surface area contributed by atoms with Gasteiger partial charge >= 0.3 is 5.97 Å². The molecule has 2 aliphatic rings. The number of hydrogen-bond acceptors (Lipinski definition) is 3. The van der Waals surface area contributed by atoms with Gasteiger partial charge in [-0.15, -0.1) is 0 Å². The minimum atomic E-state index is -1.04. The van der Waals surface area contributed by atoms with Crippen LogP contribution < -0.4 is 0 Å². The van der Waals surface area contributed by atoms with Crippen molar-refractivity contribution in [1.29, 1.82) is 0 Å². The molecule has 1 aliphatic heterocycles. The average molecular weight is 274 g/mol. The first kappa shape index (κ1) is 14.0. The van der Waals surface area contributed by atoms with Crippen LogP contribution in [0.15, 0.2) is 0 Å². The van der Waals surface area contributed by atoms with Gasteiger partial charge in [-0.05, 0) is 25.7 Å². The fraction of sp³-hybridized carbons (Fsp3) is 0.923. The Morgan fingerprint density at radius 3 is 2.78 bits per heavy atom. The average Bonchev–Trinajstić information content (AvgIpc) is 2.77. The molecule has 1 N–H and O–H groups in total. The van der Waals surface area contributed by atoms with E-state index in [1.807, 2.05) is 0 Å². The molecule has 2 rings (SSSR count). The van der Waals surface area contributed by atoms with Crippen LogP contribution in [0.3, 0.4) is 0 Å². The Bertz CT molecular complexity index is 336. The first-order valence-electron chi connectivity index (χ1n) is 6.76. The minimum absolute atomic E-state index is 0.0367. The first-order chi connectivity index (χ1) is 8.52. The molecule has 0 amide bonds. The van der Waals surface area contributed by atoms with Gasteiger partial charge in [-0.2, -0.15) is 0 Å². The largest absolute Gasteiger partial charge is 0.481 e. The Labute approximate surface area is 111 Å². The number of ether oxygens (including phenoxy) is 1. The SMILES string of the molecule is CC(CS(=O)C1CCOC2(CCCC2)C1)C(=O)O. The van der Waals surface area contributed by atoms with Crippen LogP contribution in [0.1, 0.15) is 45.4 Å². The van der Waals surface area contributed by atoms with Crippen LogP contribution in [0, 0.1) is 5.92 Å². The molecule has 0 aromatic rings. The van der Waals surface area contributed by atoms with Gasteiger partial charge in [0.2, 0.25) is 0 Å². The van der Waals surface area contributed by atoms with E-state index >= 15 is 0 Å². The van der Waals surface area contributed by atoms with E-state index in [1.165, 1.54) is 12.8 Å². The van der Waals surface area contributed by atoms with Crippen LogP contribution in [-0.2, 0) is 20.3 Å². The summed E-state index contributed by atoms with van der Waals surface area (Å²) in [6.07, 6.45) is 6.22. The highest BCUT2D eigenvalue weighted by Gasteiger charge is 2.41. The molecular weight excluding hydrogens is 252 g/mol. The summed E-state index contributed by atoms with van der Waals surface area (Å²) in [7, 11) is -1.04. The van der Waals surface area contributed by atoms with E-state index < -0.39 is 22.7 Å². The summed E-state index contributed by atoms with van der Waals surface area (Å²) in [6, 6.07) is 0. The van der Waals surface area contributed by atoms with Crippen molar-refractivity contribution >= 4 is 16.8 Å². The van der Waals surface area contributed by atoms with Gasteiger partial charge in [0.15, 0.2) is 0 Å². The second-order valence-electron chi connectivity index (χ2n) is 5.64. The Hall–Kier alpha value is -0.420. The molecule has 1 saturated carbocycles. The topological polar surface area (TPSA) is 63.6 Å².